The van der Waals surface area contributed by atoms with Crippen LogP contribution in [0, 0.1) is 0 Å². The first kappa shape index (κ1) is 31.7. The summed E-state index contributed by atoms with van der Waals surface area (Å²) in [5, 5.41) is 9.17. The number of rotatable bonds is 14. The number of carbonyl (C=O) groups is 2. The third-order valence-electron chi connectivity index (χ3n) is 7.50. The van der Waals surface area contributed by atoms with Gasteiger partial charge in [-0.3, -0.25) is 19.7 Å². The van der Waals surface area contributed by atoms with Crippen molar-refractivity contribution < 1.29 is 32.7 Å². The van der Waals surface area contributed by atoms with E-state index in [1.807, 2.05) is 24.3 Å². The third kappa shape index (κ3) is 7.48. The summed E-state index contributed by atoms with van der Waals surface area (Å²) in [4.78, 5) is 27.4. The first-order chi connectivity index (χ1) is 19.0. The van der Waals surface area contributed by atoms with Crippen molar-refractivity contribution >= 4 is 21.5 Å². The van der Waals surface area contributed by atoms with Crippen LogP contribution in [-0.4, -0.2) is 66.9 Å². The topological polar surface area (TPSA) is 122 Å². The largest absolute Gasteiger partial charge is 0.494 e. The summed E-state index contributed by atoms with van der Waals surface area (Å²) < 4.78 is 35.8. The van der Waals surface area contributed by atoms with E-state index in [4.69, 9.17) is 9.47 Å². The van der Waals surface area contributed by atoms with Crippen LogP contribution in [0.15, 0.2) is 53.4 Å². The predicted octanol–water partition coefficient (Wildman–Crippen LogP) is 4.57. The Bertz CT molecular complexity index is 1210. The Morgan fingerprint density at radius 2 is 1.57 bits per heavy atom. The summed E-state index contributed by atoms with van der Waals surface area (Å²) in [6.07, 6.45) is 1.67. The Balaban J connectivity index is 1.47. The van der Waals surface area contributed by atoms with Crippen molar-refractivity contribution in [2.75, 3.05) is 19.8 Å². The van der Waals surface area contributed by atoms with Gasteiger partial charge in [0.15, 0.2) is 20.4 Å². The zero-order valence-corrected chi connectivity index (χ0v) is 24.7. The van der Waals surface area contributed by atoms with Gasteiger partial charge in [0.05, 0.1) is 11.5 Å². The summed E-state index contributed by atoms with van der Waals surface area (Å²) in [5.74, 6) is -0.365. The van der Waals surface area contributed by atoms with Crippen LogP contribution in [0.1, 0.15) is 75.7 Å². The fourth-order valence-electron chi connectivity index (χ4n) is 5.05. The molecule has 2 N–H and O–H groups in total. The smallest absolute Gasteiger partial charge is 0.265 e. The Kier molecular flexibility index (Phi) is 11.3. The van der Waals surface area contributed by atoms with Gasteiger partial charge in [-0.05, 0) is 83.2 Å². The molecule has 220 valence electrons. The molecule has 2 aromatic rings. The lowest BCUT2D eigenvalue weighted by Gasteiger charge is -2.34. The minimum atomic E-state index is -4.08. The molecular formula is C30H42N2O7S. The highest BCUT2D eigenvalue weighted by atomic mass is 32.2. The molecule has 9 nitrogen and oxygen atoms in total. The molecule has 0 saturated carbocycles. The van der Waals surface area contributed by atoms with Crippen LogP contribution in [0.4, 0.5) is 0 Å². The molecule has 1 amide bonds. The number of Topliss-reactive ketones (excluding diaryl/α,β-unsaturated/α-hetero) is 1. The summed E-state index contributed by atoms with van der Waals surface area (Å²) in [7, 11) is -4.08. The van der Waals surface area contributed by atoms with Gasteiger partial charge >= 0.3 is 0 Å². The van der Waals surface area contributed by atoms with E-state index in [-0.39, 0.29) is 36.7 Å². The highest BCUT2D eigenvalue weighted by molar-refractivity contribution is 7.93. The number of carbonyl (C=O) groups excluding carboxylic acids is 2. The number of nitrogens with zero attached hydrogens (tertiary/aromatic N) is 1. The maximum Gasteiger partial charge on any atom is 0.265 e. The SMILES string of the molecule is CC(C)N(Cc1ccc(C(=O)CCCCOc2ccc(S(=O)(=O)C3(C(=O)NO)CCOCC3)cc2)cc1)C(C)C. The number of hydroxylamine groups is 1. The number of benzene rings is 2. The van der Waals surface area contributed by atoms with Crippen molar-refractivity contribution in [2.45, 2.75) is 88.1 Å². The van der Waals surface area contributed by atoms with Gasteiger partial charge in [-0.1, -0.05) is 24.3 Å². The normalized spacial score (nSPS) is 15.4. The van der Waals surface area contributed by atoms with Crippen LogP contribution in [0.2, 0.25) is 0 Å². The standard InChI is InChI=1S/C30H42N2O7S/c1-22(2)32(23(3)4)21-24-8-10-25(11-9-24)28(33)7-5-6-18-39-26-12-14-27(15-13-26)40(36,37)30(29(34)31-35)16-19-38-20-17-30/h8-15,22-23,35H,5-7,16-21H2,1-4H3,(H,31,34). The van der Waals surface area contributed by atoms with Crippen molar-refractivity contribution in [3.8, 4) is 5.75 Å². The quantitative estimate of drug-likeness (QED) is 0.146. The maximum atomic E-state index is 13.3. The van der Waals surface area contributed by atoms with Gasteiger partial charge in [-0.15, -0.1) is 0 Å². The van der Waals surface area contributed by atoms with Crippen molar-refractivity contribution in [3.05, 3.63) is 59.7 Å². The summed E-state index contributed by atoms with van der Waals surface area (Å²) in [5.41, 5.74) is 3.41. The van der Waals surface area contributed by atoms with Crippen LogP contribution < -0.4 is 10.2 Å². The lowest BCUT2D eigenvalue weighted by atomic mass is 9.98. The van der Waals surface area contributed by atoms with E-state index in [1.54, 1.807) is 12.1 Å². The molecule has 1 heterocycles. The fraction of sp³-hybridized carbons (Fsp3) is 0.533. The molecule has 0 bridgehead atoms. The molecule has 0 spiro atoms. The van der Waals surface area contributed by atoms with Crippen LogP contribution >= 0.6 is 0 Å². The van der Waals surface area contributed by atoms with Crippen LogP contribution in [0.3, 0.4) is 0 Å². The zero-order valence-electron chi connectivity index (χ0n) is 23.9. The first-order valence-corrected chi connectivity index (χ1v) is 15.4. The number of hydrogen-bond acceptors (Lipinski definition) is 8. The van der Waals surface area contributed by atoms with E-state index >= 15 is 0 Å². The minimum Gasteiger partial charge on any atom is -0.494 e. The monoisotopic (exact) mass is 574 g/mol. The predicted molar refractivity (Wildman–Crippen MR) is 152 cm³/mol. The third-order valence-corrected chi connectivity index (χ3v) is 10.0. The number of nitrogens with one attached hydrogen (secondary N) is 1. The second-order valence-electron chi connectivity index (χ2n) is 10.8. The Morgan fingerprint density at radius 1 is 0.975 bits per heavy atom. The van der Waals surface area contributed by atoms with Gasteiger partial charge in [0.1, 0.15) is 5.75 Å². The molecule has 40 heavy (non-hydrogen) atoms. The second kappa shape index (κ2) is 14.2. The molecular weight excluding hydrogens is 532 g/mol. The van der Waals surface area contributed by atoms with E-state index in [9.17, 15) is 23.2 Å². The van der Waals surface area contributed by atoms with Gasteiger partial charge in [0, 0.05) is 43.8 Å². The van der Waals surface area contributed by atoms with Crippen LogP contribution in [0.5, 0.6) is 5.75 Å². The van der Waals surface area contributed by atoms with Crippen molar-refractivity contribution in [1.82, 2.24) is 10.4 Å². The summed E-state index contributed by atoms with van der Waals surface area (Å²) in [6.45, 7) is 10.2. The average Bonchev–Trinajstić information content (AvgIpc) is 2.95. The number of amides is 1. The molecule has 0 atom stereocenters. The van der Waals surface area contributed by atoms with Crippen LogP contribution in [0.25, 0.3) is 0 Å². The van der Waals surface area contributed by atoms with Gasteiger partial charge in [-0.25, -0.2) is 13.9 Å². The molecule has 0 unspecified atom stereocenters. The number of ketones is 1. The molecule has 0 aromatic heterocycles. The van der Waals surface area contributed by atoms with E-state index in [2.05, 4.69) is 32.6 Å². The molecule has 2 aromatic carbocycles. The van der Waals surface area contributed by atoms with Crippen molar-refractivity contribution in [2.24, 2.45) is 0 Å². The van der Waals surface area contributed by atoms with E-state index in [0.717, 1.165) is 6.54 Å². The first-order valence-electron chi connectivity index (χ1n) is 13.9. The number of sulfone groups is 1. The average molecular weight is 575 g/mol. The molecule has 1 saturated heterocycles. The van der Waals surface area contributed by atoms with Gasteiger partial charge < -0.3 is 9.47 Å². The van der Waals surface area contributed by atoms with E-state index in [1.165, 1.54) is 23.2 Å². The van der Waals surface area contributed by atoms with E-state index < -0.39 is 20.5 Å². The fourth-order valence-corrected chi connectivity index (χ4v) is 6.99. The number of hydrogen-bond donors (Lipinski definition) is 2. The van der Waals surface area contributed by atoms with Crippen LogP contribution in [-0.2, 0) is 25.9 Å². The second-order valence-corrected chi connectivity index (χ2v) is 13.1. The Labute approximate surface area is 237 Å². The number of unbranched alkanes of at least 4 members (excludes halogenated alkanes) is 1. The van der Waals surface area contributed by atoms with Gasteiger partial charge in [0.25, 0.3) is 5.91 Å². The van der Waals surface area contributed by atoms with Crippen molar-refractivity contribution in [1.29, 1.82) is 0 Å². The molecule has 0 radical (unpaired) electrons. The Hall–Kier alpha value is -2.79. The van der Waals surface area contributed by atoms with Gasteiger partial charge in [0.2, 0.25) is 0 Å². The molecule has 1 fully saturated rings. The zero-order chi connectivity index (χ0) is 29.3. The summed E-state index contributed by atoms with van der Waals surface area (Å²) in [6, 6.07) is 14.6. The highest BCUT2D eigenvalue weighted by Gasteiger charge is 2.52. The number of ether oxygens (including phenoxy) is 2. The van der Waals surface area contributed by atoms with Crippen molar-refractivity contribution in [3.63, 3.8) is 0 Å². The maximum absolute atomic E-state index is 13.3. The molecule has 0 aliphatic carbocycles. The molecule has 10 heteroatoms. The molecule has 1 aliphatic heterocycles. The lowest BCUT2D eigenvalue weighted by molar-refractivity contribution is -0.134. The molecule has 1 aliphatic rings. The highest BCUT2D eigenvalue weighted by Crippen LogP contribution is 2.35. The lowest BCUT2D eigenvalue weighted by Crippen LogP contribution is -2.54. The summed E-state index contributed by atoms with van der Waals surface area (Å²) >= 11 is 0. The van der Waals surface area contributed by atoms with E-state index in [0.29, 0.717) is 49.3 Å². The van der Waals surface area contributed by atoms with Gasteiger partial charge in [-0.2, -0.15) is 0 Å². The minimum absolute atomic E-state index is 0.0249. The Morgan fingerprint density at radius 3 is 2.12 bits per heavy atom. The molecule has 3 rings (SSSR count).